The average Bonchev–Trinajstić information content (AvgIpc) is 2.36. The van der Waals surface area contributed by atoms with Gasteiger partial charge in [-0.1, -0.05) is 73.7 Å². The molecule has 0 spiro atoms. The van der Waals surface area contributed by atoms with Crippen molar-refractivity contribution in [1.29, 1.82) is 0 Å². The fraction of sp³-hybridized carbons (Fsp3) is 0.647. The molecule has 106 valence electrons. The van der Waals surface area contributed by atoms with Gasteiger partial charge in [-0.2, -0.15) is 0 Å². The number of aryl methyl sites for hydroxylation is 1. The minimum Gasteiger partial charge on any atom is -0.374 e. The van der Waals surface area contributed by atoms with Crippen LogP contribution in [-0.4, -0.2) is 16.1 Å². The van der Waals surface area contributed by atoms with E-state index in [1.165, 1.54) is 18.4 Å². The van der Waals surface area contributed by atoms with Crippen molar-refractivity contribution in [3.63, 3.8) is 0 Å². The Hall–Kier alpha value is -0.0900. The second-order valence-electron chi connectivity index (χ2n) is 6.71. The van der Waals surface area contributed by atoms with Crippen LogP contribution < -0.4 is 0 Å². The number of alkyl halides is 1. The molecule has 1 saturated heterocycles. The van der Waals surface area contributed by atoms with E-state index in [1.54, 1.807) is 0 Å². The zero-order valence-corrected chi connectivity index (χ0v) is 14.4. The second kappa shape index (κ2) is 6.57. The van der Waals surface area contributed by atoms with Gasteiger partial charge in [-0.15, -0.1) is 0 Å². The van der Waals surface area contributed by atoms with Gasteiger partial charge in [0.15, 0.2) is 0 Å². The highest BCUT2D eigenvalue weighted by molar-refractivity contribution is 14.1. The van der Waals surface area contributed by atoms with Crippen molar-refractivity contribution in [3.05, 3.63) is 35.9 Å². The van der Waals surface area contributed by atoms with E-state index in [2.05, 4.69) is 73.7 Å². The largest absolute Gasteiger partial charge is 0.374 e. The van der Waals surface area contributed by atoms with Gasteiger partial charge in [0.25, 0.3) is 0 Å². The van der Waals surface area contributed by atoms with E-state index < -0.39 is 0 Å². The molecule has 0 unspecified atom stereocenters. The summed E-state index contributed by atoms with van der Waals surface area (Å²) in [5, 5.41) is 0. The third-order valence-electron chi connectivity index (χ3n) is 3.91. The lowest BCUT2D eigenvalue weighted by Crippen LogP contribution is -2.40. The number of ether oxygens (including phenoxy) is 1. The molecule has 1 fully saturated rings. The van der Waals surface area contributed by atoms with Crippen LogP contribution >= 0.6 is 22.6 Å². The molecule has 1 aromatic rings. The van der Waals surface area contributed by atoms with E-state index in [0.717, 1.165) is 16.8 Å². The summed E-state index contributed by atoms with van der Waals surface area (Å²) in [5.41, 5.74) is 1.68. The highest BCUT2D eigenvalue weighted by Gasteiger charge is 2.34. The van der Waals surface area contributed by atoms with E-state index in [0.29, 0.717) is 12.2 Å². The number of rotatable bonds is 3. The van der Waals surface area contributed by atoms with Gasteiger partial charge >= 0.3 is 0 Å². The SMILES string of the molecule is CC(C)(C)[C@@H]1C[C@@H](I)C[C@H](CCc2ccccc2)O1. The topological polar surface area (TPSA) is 9.23 Å². The first kappa shape index (κ1) is 15.3. The lowest BCUT2D eigenvalue weighted by atomic mass is 9.83. The van der Waals surface area contributed by atoms with Gasteiger partial charge in [0, 0.05) is 3.92 Å². The third kappa shape index (κ3) is 4.75. The van der Waals surface area contributed by atoms with Gasteiger partial charge in [-0.25, -0.2) is 0 Å². The van der Waals surface area contributed by atoms with Crippen molar-refractivity contribution in [2.75, 3.05) is 0 Å². The van der Waals surface area contributed by atoms with Gasteiger partial charge in [0.05, 0.1) is 12.2 Å². The van der Waals surface area contributed by atoms with Crippen LogP contribution in [0, 0.1) is 5.41 Å². The van der Waals surface area contributed by atoms with E-state index in [9.17, 15) is 0 Å². The normalized spacial score (nSPS) is 28.3. The maximum Gasteiger partial charge on any atom is 0.0637 e. The third-order valence-corrected chi connectivity index (χ3v) is 4.93. The molecule has 0 amide bonds. The number of hydrogen-bond acceptors (Lipinski definition) is 1. The molecule has 19 heavy (non-hydrogen) atoms. The molecule has 0 saturated carbocycles. The molecule has 3 atom stereocenters. The summed E-state index contributed by atoms with van der Waals surface area (Å²) < 4.78 is 7.10. The molecule has 0 N–H and O–H groups in total. The molecule has 2 rings (SSSR count). The fourth-order valence-electron chi connectivity index (χ4n) is 2.67. The molecule has 0 bridgehead atoms. The Balaban J connectivity index is 1.89. The Morgan fingerprint density at radius 1 is 1.16 bits per heavy atom. The molecular formula is C17H25IO. The molecule has 0 aromatic heterocycles. The smallest absolute Gasteiger partial charge is 0.0637 e. The lowest BCUT2D eigenvalue weighted by molar-refractivity contribution is -0.0964. The standard InChI is InChI=1S/C17H25IO/c1-17(2,3)16-12-14(18)11-15(19-16)10-9-13-7-5-4-6-8-13/h4-8,14-16H,9-12H2,1-3H3/t14-,15-,16-/m0/s1. The molecule has 0 aliphatic carbocycles. The van der Waals surface area contributed by atoms with Gasteiger partial charge in [0.1, 0.15) is 0 Å². The quantitative estimate of drug-likeness (QED) is 0.535. The Labute approximate surface area is 131 Å². The van der Waals surface area contributed by atoms with Crippen molar-refractivity contribution in [2.45, 2.75) is 62.6 Å². The van der Waals surface area contributed by atoms with Crippen LogP contribution in [0.2, 0.25) is 0 Å². The highest BCUT2D eigenvalue weighted by atomic mass is 127. The average molecular weight is 372 g/mol. The second-order valence-corrected chi connectivity index (χ2v) is 8.47. The first-order valence-electron chi connectivity index (χ1n) is 7.28. The predicted molar refractivity (Wildman–Crippen MR) is 89.9 cm³/mol. The number of hydrogen-bond donors (Lipinski definition) is 0. The van der Waals surface area contributed by atoms with Crippen LogP contribution in [0.25, 0.3) is 0 Å². The summed E-state index contributed by atoms with van der Waals surface area (Å²) >= 11 is 2.60. The maximum absolute atomic E-state index is 6.34. The lowest BCUT2D eigenvalue weighted by Gasteiger charge is -2.40. The molecule has 1 heterocycles. The summed E-state index contributed by atoms with van der Waals surface area (Å²) in [4.78, 5) is 0. The zero-order chi connectivity index (χ0) is 13.9. The molecule has 1 aromatic carbocycles. The van der Waals surface area contributed by atoms with Crippen LogP contribution in [0.15, 0.2) is 30.3 Å². The Morgan fingerprint density at radius 2 is 1.84 bits per heavy atom. The first-order chi connectivity index (χ1) is 8.95. The Kier molecular flexibility index (Phi) is 5.29. The van der Waals surface area contributed by atoms with E-state index >= 15 is 0 Å². The summed E-state index contributed by atoms with van der Waals surface area (Å²) in [5.74, 6) is 0. The fourth-order valence-corrected chi connectivity index (χ4v) is 3.70. The van der Waals surface area contributed by atoms with Gasteiger partial charge < -0.3 is 4.74 Å². The minimum atomic E-state index is 0.259. The Bertz CT molecular complexity index is 382. The van der Waals surface area contributed by atoms with Crippen molar-refractivity contribution in [1.82, 2.24) is 0 Å². The van der Waals surface area contributed by atoms with Crippen LogP contribution in [0.3, 0.4) is 0 Å². The monoisotopic (exact) mass is 372 g/mol. The number of halogens is 1. The van der Waals surface area contributed by atoms with E-state index in [-0.39, 0.29) is 5.41 Å². The van der Waals surface area contributed by atoms with Crippen molar-refractivity contribution < 1.29 is 4.74 Å². The van der Waals surface area contributed by atoms with Crippen LogP contribution in [0.4, 0.5) is 0 Å². The van der Waals surface area contributed by atoms with E-state index in [4.69, 9.17) is 4.74 Å². The van der Waals surface area contributed by atoms with Crippen LogP contribution in [0.1, 0.15) is 45.6 Å². The molecule has 1 nitrogen and oxygen atoms in total. The van der Waals surface area contributed by atoms with Gasteiger partial charge in [-0.3, -0.25) is 0 Å². The number of benzene rings is 1. The summed E-state index contributed by atoms with van der Waals surface area (Å²) in [6.45, 7) is 6.88. The Morgan fingerprint density at radius 3 is 2.47 bits per heavy atom. The molecular weight excluding hydrogens is 347 g/mol. The molecule has 2 heteroatoms. The zero-order valence-electron chi connectivity index (χ0n) is 12.2. The molecule has 1 aliphatic heterocycles. The summed E-state index contributed by atoms with van der Waals surface area (Å²) in [6, 6.07) is 10.8. The van der Waals surface area contributed by atoms with Gasteiger partial charge in [-0.05, 0) is 36.7 Å². The van der Waals surface area contributed by atoms with Crippen molar-refractivity contribution in [3.8, 4) is 0 Å². The van der Waals surface area contributed by atoms with Crippen LogP contribution in [-0.2, 0) is 11.2 Å². The van der Waals surface area contributed by atoms with Crippen molar-refractivity contribution >= 4 is 22.6 Å². The van der Waals surface area contributed by atoms with E-state index in [1.807, 2.05) is 0 Å². The summed E-state index contributed by atoms with van der Waals surface area (Å²) in [6.07, 6.45) is 5.53. The first-order valence-corrected chi connectivity index (χ1v) is 8.53. The minimum absolute atomic E-state index is 0.259. The summed E-state index contributed by atoms with van der Waals surface area (Å²) in [7, 11) is 0. The maximum atomic E-state index is 6.34. The van der Waals surface area contributed by atoms with Crippen LogP contribution in [0.5, 0.6) is 0 Å². The van der Waals surface area contributed by atoms with Gasteiger partial charge in [0.2, 0.25) is 0 Å². The van der Waals surface area contributed by atoms with Crippen molar-refractivity contribution in [2.24, 2.45) is 5.41 Å². The molecule has 1 aliphatic rings. The highest BCUT2D eigenvalue weighted by Crippen LogP contribution is 2.36. The molecule has 0 radical (unpaired) electrons. The predicted octanol–water partition coefficient (Wildman–Crippen LogP) is 5.02.